The number of aromatic hydroxyl groups is 1. The van der Waals surface area contributed by atoms with Crippen LogP contribution in [0.3, 0.4) is 0 Å². The van der Waals surface area contributed by atoms with E-state index in [4.69, 9.17) is 0 Å². The van der Waals surface area contributed by atoms with E-state index in [9.17, 15) is 10.2 Å². The molecular formula is C13H22N2O2S. The van der Waals surface area contributed by atoms with Gasteiger partial charge in [0.25, 0.3) is 0 Å². The lowest BCUT2D eigenvalue weighted by atomic mass is 10.1. The number of nitrogens with zero attached hydrogens (tertiary/aromatic N) is 1. The molecule has 0 saturated heterocycles. The van der Waals surface area contributed by atoms with Gasteiger partial charge in [0.15, 0.2) is 0 Å². The predicted octanol–water partition coefficient (Wildman–Crippen LogP) is 1.82. The Hall–Kier alpha value is -0.780. The smallest absolute Gasteiger partial charge is 0.141 e. The van der Waals surface area contributed by atoms with Gasteiger partial charge in [0, 0.05) is 35.7 Å². The quantitative estimate of drug-likeness (QED) is 0.705. The molecule has 0 amide bonds. The molecule has 3 N–H and O–H groups in total. The van der Waals surface area contributed by atoms with E-state index in [1.54, 1.807) is 13.1 Å². The first-order valence-electron chi connectivity index (χ1n) is 6.18. The molecule has 102 valence electrons. The third kappa shape index (κ3) is 4.15. The van der Waals surface area contributed by atoms with Crippen LogP contribution in [-0.2, 0) is 13.2 Å². The van der Waals surface area contributed by atoms with Gasteiger partial charge in [-0.2, -0.15) is 11.8 Å². The first-order chi connectivity index (χ1) is 8.60. The summed E-state index contributed by atoms with van der Waals surface area (Å²) < 4.78 is 0. The average molecular weight is 270 g/mol. The van der Waals surface area contributed by atoms with Gasteiger partial charge in [0.1, 0.15) is 5.75 Å². The molecule has 1 aromatic rings. The summed E-state index contributed by atoms with van der Waals surface area (Å²) in [4.78, 5) is 4.04. The van der Waals surface area contributed by atoms with Gasteiger partial charge in [-0.25, -0.2) is 0 Å². The van der Waals surface area contributed by atoms with Gasteiger partial charge in [-0.05, 0) is 19.6 Å². The molecule has 0 aromatic carbocycles. The zero-order valence-electron chi connectivity index (χ0n) is 11.2. The number of hydrogen-bond acceptors (Lipinski definition) is 5. The Morgan fingerprint density at radius 3 is 2.83 bits per heavy atom. The van der Waals surface area contributed by atoms with Crippen LogP contribution < -0.4 is 5.32 Å². The fraction of sp³-hybridized carbons (Fsp3) is 0.615. The molecule has 0 aliphatic carbocycles. The van der Waals surface area contributed by atoms with Crippen molar-refractivity contribution in [1.29, 1.82) is 0 Å². The standard InChI is InChI=1S/C13H22N2O2S/c1-4-18-8-9(2)14-6-12-11(7-16)5-15-10(3)13(12)17/h5,9,14,16-17H,4,6-8H2,1-3H3. The van der Waals surface area contributed by atoms with Crippen molar-refractivity contribution in [1.82, 2.24) is 10.3 Å². The van der Waals surface area contributed by atoms with Crippen LogP contribution in [0.5, 0.6) is 5.75 Å². The fourth-order valence-electron chi connectivity index (χ4n) is 1.65. The molecule has 18 heavy (non-hydrogen) atoms. The molecule has 1 aromatic heterocycles. The fourth-order valence-corrected chi connectivity index (χ4v) is 2.35. The average Bonchev–Trinajstić information content (AvgIpc) is 2.38. The van der Waals surface area contributed by atoms with Crippen molar-refractivity contribution >= 4 is 11.8 Å². The number of hydrogen-bond donors (Lipinski definition) is 3. The van der Waals surface area contributed by atoms with Crippen molar-refractivity contribution in [2.24, 2.45) is 0 Å². The number of thioether (sulfide) groups is 1. The molecule has 1 unspecified atom stereocenters. The van der Waals surface area contributed by atoms with Gasteiger partial charge in [-0.1, -0.05) is 6.92 Å². The predicted molar refractivity (Wildman–Crippen MR) is 75.9 cm³/mol. The largest absolute Gasteiger partial charge is 0.506 e. The second-order valence-electron chi connectivity index (χ2n) is 4.30. The van der Waals surface area contributed by atoms with Crippen LogP contribution in [0.15, 0.2) is 6.20 Å². The third-order valence-corrected chi connectivity index (χ3v) is 3.94. The van der Waals surface area contributed by atoms with Crippen LogP contribution in [0.25, 0.3) is 0 Å². The number of aliphatic hydroxyl groups excluding tert-OH is 1. The Morgan fingerprint density at radius 1 is 1.50 bits per heavy atom. The van der Waals surface area contributed by atoms with Crippen molar-refractivity contribution in [3.63, 3.8) is 0 Å². The van der Waals surface area contributed by atoms with E-state index in [1.165, 1.54) is 0 Å². The Morgan fingerprint density at radius 2 is 2.22 bits per heavy atom. The lowest BCUT2D eigenvalue weighted by molar-refractivity contribution is 0.278. The highest BCUT2D eigenvalue weighted by Crippen LogP contribution is 2.23. The highest BCUT2D eigenvalue weighted by molar-refractivity contribution is 7.99. The lowest BCUT2D eigenvalue weighted by Gasteiger charge is -2.16. The van der Waals surface area contributed by atoms with Crippen LogP contribution in [-0.4, -0.2) is 32.7 Å². The highest BCUT2D eigenvalue weighted by Gasteiger charge is 2.12. The maximum absolute atomic E-state index is 9.98. The van der Waals surface area contributed by atoms with Gasteiger partial charge in [0.05, 0.1) is 12.3 Å². The summed E-state index contributed by atoms with van der Waals surface area (Å²) in [6.07, 6.45) is 1.62. The molecule has 5 heteroatoms. The number of aryl methyl sites for hydroxylation is 1. The Kier molecular flexibility index (Phi) is 6.46. The maximum Gasteiger partial charge on any atom is 0.141 e. The molecule has 1 rings (SSSR count). The normalized spacial score (nSPS) is 12.7. The first-order valence-corrected chi connectivity index (χ1v) is 7.33. The number of nitrogens with one attached hydrogen (secondary N) is 1. The Labute approximate surface area is 113 Å². The van der Waals surface area contributed by atoms with Gasteiger partial charge < -0.3 is 15.5 Å². The zero-order chi connectivity index (χ0) is 13.5. The van der Waals surface area contributed by atoms with Gasteiger partial charge in [-0.3, -0.25) is 4.98 Å². The first kappa shape index (κ1) is 15.3. The lowest BCUT2D eigenvalue weighted by Crippen LogP contribution is -2.28. The van der Waals surface area contributed by atoms with Crippen molar-refractivity contribution < 1.29 is 10.2 Å². The third-order valence-electron chi connectivity index (χ3n) is 2.80. The van der Waals surface area contributed by atoms with Crippen molar-refractivity contribution in [2.75, 3.05) is 11.5 Å². The molecule has 1 atom stereocenters. The van der Waals surface area contributed by atoms with E-state index in [0.29, 0.717) is 23.8 Å². The summed E-state index contributed by atoms with van der Waals surface area (Å²) in [5, 5.41) is 22.6. The van der Waals surface area contributed by atoms with Gasteiger partial charge in [-0.15, -0.1) is 0 Å². The number of aromatic nitrogens is 1. The van der Waals surface area contributed by atoms with Crippen LogP contribution >= 0.6 is 11.8 Å². The van der Waals surface area contributed by atoms with Gasteiger partial charge >= 0.3 is 0 Å². The molecule has 0 spiro atoms. The Bertz CT molecular complexity index is 385. The number of rotatable bonds is 7. The molecule has 0 radical (unpaired) electrons. The molecule has 0 aliphatic heterocycles. The van der Waals surface area contributed by atoms with E-state index in [0.717, 1.165) is 17.1 Å². The molecule has 0 bridgehead atoms. The minimum Gasteiger partial charge on any atom is -0.506 e. The van der Waals surface area contributed by atoms with E-state index in [1.807, 2.05) is 11.8 Å². The number of pyridine rings is 1. The second kappa shape index (κ2) is 7.61. The number of aliphatic hydroxyl groups is 1. The van der Waals surface area contributed by atoms with Crippen LogP contribution in [0.2, 0.25) is 0 Å². The van der Waals surface area contributed by atoms with Gasteiger partial charge in [0.2, 0.25) is 0 Å². The molecule has 4 nitrogen and oxygen atoms in total. The Balaban J connectivity index is 2.68. The molecular weight excluding hydrogens is 248 g/mol. The van der Waals surface area contributed by atoms with E-state index in [2.05, 4.69) is 24.1 Å². The summed E-state index contributed by atoms with van der Waals surface area (Å²) in [6.45, 7) is 6.47. The van der Waals surface area contributed by atoms with Crippen LogP contribution in [0, 0.1) is 6.92 Å². The van der Waals surface area contributed by atoms with E-state index in [-0.39, 0.29) is 12.4 Å². The topological polar surface area (TPSA) is 65.4 Å². The summed E-state index contributed by atoms with van der Waals surface area (Å²) >= 11 is 1.88. The monoisotopic (exact) mass is 270 g/mol. The SMILES string of the molecule is CCSCC(C)NCc1c(CO)cnc(C)c1O. The molecule has 1 heterocycles. The summed E-state index contributed by atoms with van der Waals surface area (Å²) in [5.74, 6) is 2.33. The van der Waals surface area contributed by atoms with Crippen LogP contribution in [0.4, 0.5) is 0 Å². The summed E-state index contributed by atoms with van der Waals surface area (Å²) in [7, 11) is 0. The zero-order valence-corrected chi connectivity index (χ0v) is 12.0. The van der Waals surface area contributed by atoms with Crippen LogP contribution in [0.1, 0.15) is 30.7 Å². The maximum atomic E-state index is 9.98. The second-order valence-corrected chi connectivity index (χ2v) is 5.61. The minimum atomic E-state index is -0.101. The van der Waals surface area contributed by atoms with E-state index < -0.39 is 0 Å². The van der Waals surface area contributed by atoms with Crippen molar-refractivity contribution in [3.8, 4) is 5.75 Å². The highest BCUT2D eigenvalue weighted by atomic mass is 32.2. The summed E-state index contributed by atoms with van der Waals surface area (Å²) in [5.41, 5.74) is 2.03. The molecule has 0 fully saturated rings. The minimum absolute atomic E-state index is 0.101. The van der Waals surface area contributed by atoms with Crippen molar-refractivity contribution in [2.45, 2.75) is 40.0 Å². The summed E-state index contributed by atoms with van der Waals surface area (Å²) in [6, 6.07) is 0.370. The van der Waals surface area contributed by atoms with Crippen molar-refractivity contribution in [3.05, 3.63) is 23.0 Å². The molecule has 0 saturated carbocycles. The molecule has 0 aliphatic rings. The van der Waals surface area contributed by atoms with E-state index >= 15 is 0 Å².